The van der Waals surface area contributed by atoms with Gasteiger partial charge >= 0.3 is 0 Å². The van der Waals surface area contributed by atoms with Gasteiger partial charge in [0.2, 0.25) is 0 Å². The number of hydrogen-bond acceptors (Lipinski definition) is 1. The standard InChI is InChI=1S/C15H13ClF3N/c16-13-7-10(17)5-4-9(13)6-11(20)8-12-14(18)2-1-3-15(12)19/h1-5,7,11H,6,8,20H2. The van der Waals surface area contributed by atoms with Gasteiger partial charge in [0.25, 0.3) is 0 Å². The van der Waals surface area contributed by atoms with Crippen LogP contribution >= 0.6 is 11.6 Å². The molecule has 0 saturated carbocycles. The second kappa shape index (κ2) is 6.29. The lowest BCUT2D eigenvalue weighted by Crippen LogP contribution is -2.26. The van der Waals surface area contributed by atoms with Crippen LogP contribution in [-0.2, 0) is 12.8 Å². The highest BCUT2D eigenvalue weighted by molar-refractivity contribution is 6.31. The molecule has 106 valence electrons. The van der Waals surface area contributed by atoms with E-state index in [9.17, 15) is 13.2 Å². The van der Waals surface area contributed by atoms with Crippen LogP contribution < -0.4 is 5.73 Å². The Labute approximate surface area is 120 Å². The summed E-state index contributed by atoms with van der Waals surface area (Å²) in [7, 11) is 0. The molecule has 1 atom stereocenters. The molecule has 0 radical (unpaired) electrons. The molecule has 0 aliphatic carbocycles. The number of halogens is 4. The van der Waals surface area contributed by atoms with Gasteiger partial charge in [-0.05, 0) is 42.7 Å². The van der Waals surface area contributed by atoms with E-state index in [1.54, 1.807) is 0 Å². The summed E-state index contributed by atoms with van der Waals surface area (Å²) in [6.45, 7) is 0. The Hall–Kier alpha value is -1.52. The lowest BCUT2D eigenvalue weighted by Gasteiger charge is -2.14. The monoisotopic (exact) mass is 299 g/mol. The Balaban J connectivity index is 2.11. The summed E-state index contributed by atoms with van der Waals surface area (Å²) in [6, 6.07) is 7.16. The first-order valence-electron chi connectivity index (χ1n) is 6.09. The Morgan fingerprint density at radius 2 is 1.65 bits per heavy atom. The Morgan fingerprint density at radius 3 is 2.25 bits per heavy atom. The quantitative estimate of drug-likeness (QED) is 0.911. The fourth-order valence-electron chi connectivity index (χ4n) is 2.03. The van der Waals surface area contributed by atoms with Crippen molar-refractivity contribution in [1.29, 1.82) is 0 Å². The number of benzene rings is 2. The maximum Gasteiger partial charge on any atom is 0.129 e. The van der Waals surface area contributed by atoms with Gasteiger partial charge in [-0.15, -0.1) is 0 Å². The third kappa shape index (κ3) is 3.52. The summed E-state index contributed by atoms with van der Waals surface area (Å²) >= 11 is 5.90. The van der Waals surface area contributed by atoms with Crippen LogP contribution in [0.4, 0.5) is 13.2 Å². The van der Waals surface area contributed by atoms with Crippen molar-refractivity contribution >= 4 is 11.6 Å². The van der Waals surface area contributed by atoms with Crippen LogP contribution in [0, 0.1) is 17.5 Å². The van der Waals surface area contributed by atoms with Gasteiger partial charge in [0.1, 0.15) is 17.5 Å². The van der Waals surface area contributed by atoms with Gasteiger partial charge in [-0.1, -0.05) is 23.7 Å². The molecule has 2 aromatic carbocycles. The maximum atomic E-state index is 13.5. The molecule has 0 fully saturated rings. The predicted octanol–water partition coefficient (Wildman–Crippen LogP) is 3.87. The van der Waals surface area contributed by atoms with Crippen LogP contribution in [0.5, 0.6) is 0 Å². The lowest BCUT2D eigenvalue weighted by molar-refractivity contribution is 0.533. The molecule has 2 rings (SSSR count). The lowest BCUT2D eigenvalue weighted by atomic mass is 9.99. The van der Waals surface area contributed by atoms with Crippen LogP contribution in [0.3, 0.4) is 0 Å². The molecule has 0 heterocycles. The Kier molecular flexibility index (Phi) is 4.68. The number of nitrogens with two attached hydrogens (primary N) is 1. The summed E-state index contributed by atoms with van der Waals surface area (Å²) in [6.07, 6.45) is 0.360. The molecule has 20 heavy (non-hydrogen) atoms. The summed E-state index contributed by atoms with van der Waals surface area (Å²) in [5.41, 5.74) is 6.50. The molecule has 0 aliphatic rings. The summed E-state index contributed by atoms with van der Waals surface area (Å²) < 4.78 is 39.9. The van der Waals surface area contributed by atoms with E-state index in [1.807, 2.05) is 0 Å². The van der Waals surface area contributed by atoms with Crippen molar-refractivity contribution in [2.75, 3.05) is 0 Å². The highest BCUT2D eigenvalue weighted by Gasteiger charge is 2.14. The molecule has 0 aliphatic heterocycles. The van der Waals surface area contributed by atoms with Gasteiger partial charge in [-0.3, -0.25) is 0 Å². The largest absolute Gasteiger partial charge is 0.327 e. The zero-order valence-corrected chi connectivity index (χ0v) is 11.3. The van der Waals surface area contributed by atoms with Crippen molar-refractivity contribution in [3.05, 3.63) is 70.0 Å². The fraction of sp³-hybridized carbons (Fsp3) is 0.200. The third-order valence-corrected chi connectivity index (χ3v) is 3.38. The molecule has 2 N–H and O–H groups in total. The van der Waals surface area contributed by atoms with Crippen molar-refractivity contribution < 1.29 is 13.2 Å². The highest BCUT2D eigenvalue weighted by atomic mass is 35.5. The van der Waals surface area contributed by atoms with Gasteiger partial charge in [0, 0.05) is 16.6 Å². The molecule has 1 nitrogen and oxygen atoms in total. The van der Waals surface area contributed by atoms with Gasteiger partial charge in [0.15, 0.2) is 0 Å². The normalized spacial score (nSPS) is 12.4. The molecule has 5 heteroatoms. The van der Waals surface area contributed by atoms with E-state index in [4.69, 9.17) is 17.3 Å². The maximum absolute atomic E-state index is 13.5. The van der Waals surface area contributed by atoms with Crippen LogP contribution in [0.1, 0.15) is 11.1 Å². The van der Waals surface area contributed by atoms with E-state index < -0.39 is 23.5 Å². The van der Waals surface area contributed by atoms with Crippen LogP contribution in [0.15, 0.2) is 36.4 Å². The second-order valence-electron chi connectivity index (χ2n) is 4.60. The van der Waals surface area contributed by atoms with Gasteiger partial charge in [0.05, 0.1) is 0 Å². The van der Waals surface area contributed by atoms with E-state index in [0.29, 0.717) is 12.0 Å². The van der Waals surface area contributed by atoms with Crippen molar-refractivity contribution in [2.45, 2.75) is 18.9 Å². The van der Waals surface area contributed by atoms with Crippen LogP contribution in [0.25, 0.3) is 0 Å². The molecule has 0 spiro atoms. The molecular formula is C15H13ClF3N. The first kappa shape index (κ1) is 14.9. The minimum absolute atomic E-state index is 0.0433. The van der Waals surface area contributed by atoms with Crippen LogP contribution in [0.2, 0.25) is 5.02 Å². The topological polar surface area (TPSA) is 26.0 Å². The number of rotatable bonds is 4. The fourth-order valence-corrected chi connectivity index (χ4v) is 2.28. The molecular weight excluding hydrogens is 287 g/mol. The van der Waals surface area contributed by atoms with Crippen LogP contribution in [-0.4, -0.2) is 6.04 Å². The average Bonchev–Trinajstić information content (AvgIpc) is 2.37. The molecule has 0 saturated heterocycles. The van der Waals surface area contributed by atoms with E-state index in [2.05, 4.69) is 0 Å². The molecule has 0 bridgehead atoms. The zero-order chi connectivity index (χ0) is 14.7. The SMILES string of the molecule is NC(Cc1ccc(F)cc1Cl)Cc1c(F)cccc1F. The smallest absolute Gasteiger partial charge is 0.129 e. The highest BCUT2D eigenvalue weighted by Crippen LogP contribution is 2.20. The first-order valence-corrected chi connectivity index (χ1v) is 6.47. The minimum Gasteiger partial charge on any atom is -0.327 e. The van der Waals surface area contributed by atoms with E-state index in [1.165, 1.54) is 36.4 Å². The van der Waals surface area contributed by atoms with Crippen molar-refractivity contribution in [3.8, 4) is 0 Å². The summed E-state index contributed by atoms with van der Waals surface area (Å²) in [5, 5.41) is 0.259. The van der Waals surface area contributed by atoms with E-state index >= 15 is 0 Å². The predicted molar refractivity (Wildman–Crippen MR) is 73.2 cm³/mol. The first-order chi connectivity index (χ1) is 9.47. The average molecular weight is 300 g/mol. The Morgan fingerprint density at radius 1 is 1.00 bits per heavy atom. The van der Waals surface area contributed by atoms with Gasteiger partial charge in [-0.25, -0.2) is 13.2 Å². The van der Waals surface area contributed by atoms with E-state index in [-0.39, 0.29) is 17.0 Å². The second-order valence-corrected chi connectivity index (χ2v) is 5.01. The number of hydrogen-bond donors (Lipinski definition) is 1. The summed E-state index contributed by atoms with van der Waals surface area (Å²) in [5.74, 6) is -1.68. The van der Waals surface area contributed by atoms with Gasteiger partial charge < -0.3 is 5.73 Å². The molecule has 0 amide bonds. The van der Waals surface area contributed by atoms with Crippen molar-refractivity contribution in [2.24, 2.45) is 5.73 Å². The van der Waals surface area contributed by atoms with Gasteiger partial charge in [-0.2, -0.15) is 0 Å². The third-order valence-electron chi connectivity index (χ3n) is 3.03. The zero-order valence-electron chi connectivity index (χ0n) is 10.5. The molecule has 2 aromatic rings. The van der Waals surface area contributed by atoms with E-state index in [0.717, 1.165) is 0 Å². The Bertz CT molecular complexity index is 596. The summed E-state index contributed by atoms with van der Waals surface area (Å²) in [4.78, 5) is 0. The minimum atomic E-state index is -0.620. The molecule has 1 unspecified atom stereocenters. The molecule has 0 aromatic heterocycles. The van der Waals surface area contributed by atoms with Crippen molar-refractivity contribution in [3.63, 3.8) is 0 Å². The van der Waals surface area contributed by atoms with Crippen molar-refractivity contribution in [1.82, 2.24) is 0 Å².